The molecule has 0 bridgehead atoms. The lowest BCUT2D eigenvalue weighted by Crippen LogP contribution is -2.35. The largest absolute Gasteiger partial charge is 0.490 e. The second kappa shape index (κ2) is 7.27. The highest BCUT2D eigenvalue weighted by Crippen LogP contribution is 2.25. The van der Waals surface area contributed by atoms with Crippen molar-refractivity contribution in [3.8, 4) is 5.75 Å². The van der Waals surface area contributed by atoms with E-state index in [9.17, 15) is 5.11 Å². The van der Waals surface area contributed by atoms with E-state index in [0.29, 0.717) is 13.2 Å². The minimum Gasteiger partial charge on any atom is -0.490 e. The van der Waals surface area contributed by atoms with Crippen LogP contribution >= 0.6 is 0 Å². The Kier molecular flexibility index (Phi) is 5.39. The molecule has 0 amide bonds. The second-order valence-corrected chi connectivity index (χ2v) is 4.93. The molecule has 0 spiro atoms. The van der Waals surface area contributed by atoms with Gasteiger partial charge in [-0.1, -0.05) is 50.2 Å². The Labute approximate surface area is 120 Å². The molecule has 0 aromatic heterocycles. The van der Waals surface area contributed by atoms with Crippen molar-refractivity contribution in [3.05, 3.63) is 42.5 Å². The molecule has 0 aliphatic heterocycles. The number of hydrogen-bond acceptors (Lipinski definition) is 3. The van der Waals surface area contributed by atoms with Crippen LogP contribution in [0.5, 0.6) is 5.75 Å². The van der Waals surface area contributed by atoms with Gasteiger partial charge in [0.1, 0.15) is 18.5 Å². The molecule has 3 heteroatoms. The molecule has 20 heavy (non-hydrogen) atoms. The molecule has 3 nitrogen and oxygen atoms in total. The van der Waals surface area contributed by atoms with Crippen molar-refractivity contribution in [3.63, 3.8) is 0 Å². The third-order valence-electron chi connectivity index (χ3n) is 3.54. The van der Waals surface area contributed by atoms with E-state index in [1.807, 2.05) is 30.3 Å². The first-order chi connectivity index (χ1) is 9.74. The van der Waals surface area contributed by atoms with Crippen molar-refractivity contribution in [1.29, 1.82) is 0 Å². The molecule has 2 aromatic carbocycles. The second-order valence-electron chi connectivity index (χ2n) is 4.93. The summed E-state index contributed by atoms with van der Waals surface area (Å²) in [4.78, 5) is 2.19. The van der Waals surface area contributed by atoms with Crippen LogP contribution in [0.15, 0.2) is 42.5 Å². The molecule has 0 unspecified atom stereocenters. The summed E-state index contributed by atoms with van der Waals surface area (Å²) in [5.41, 5.74) is 0. The molecule has 0 heterocycles. The minimum atomic E-state index is -0.464. The van der Waals surface area contributed by atoms with Crippen molar-refractivity contribution >= 4 is 10.8 Å². The summed E-state index contributed by atoms with van der Waals surface area (Å²) in [6.07, 6.45) is -0.464. The fourth-order valence-electron chi connectivity index (χ4n) is 2.34. The van der Waals surface area contributed by atoms with E-state index in [0.717, 1.165) is 29.6 Å². The molecule has 1 atom stereocenters. The highest BCUT2D eigenvalue weighted by Gasteiger charge is 2.10. The standard InChI is InChI=1S/C17H23NO2/c1-3-18(4-2)12-15(19)13-20-17-11-7-9-14-8-5-6-10-16(14)17/h5-11,15,19H,3-4,12-13H2,1-2H3/t15-/m0/s1. The van der Waals surface area contributed by atoms with Crippen molar-refractivity contribution in [2.24, 2.45) is 0 Å². The summed E-state index contributed by atoms with van der Waals surface area (Å²) in [7, 11) is 0. The van der Waals surface area contributed by atoms with E-state index < -0.39 is 6.10 Å². The highest BCUT2D eigenvalue weighted by molar-refractivity contribution is 5.88. The van der Waals surface area contributed by atoms with E-state index in [2.05, 4.69) is 30.9 Å². The number of nitrogens with zero attached hydrogens (tertiary/aromatic N) is 1. The van der Waals surface area contributed by atoms with Gasteiger partial charge in [-0.3, -0.25) is 0 Å². The van der Waals surface area contributed by atoms with Crippen molar-refractivity contribution in [2.75, 3.05) is 26.2 Å². The van der Waals surface area contributed by atoms with Crippen LogP contribution in [0.3, 0.4) is 0 Å². The van der Waals surface area contributed by atoms with E-state index in [4.69, 9.17) is 4.74 Å². The Hall–Kier alpha value is -1.58. The molecular formula is C17H23NO2. The molecule has 2 aromatic rings. The van der Waals surface area contributed by atoms with Crippen molar-refractivity contribution in [1.82, 2.24) is 4.90 Å². The lowest BCUT2D eigenvalue weighted by atomic mass is 10.1. The Morgan fingerprint density at radius 2 is 1.75 bits per heavy atom. The van der Waals surface area contributed by atoms with Gasteiger partial charge in [0.05, 0.1) is 0 Å². The van der Waals surface area contributed by atoms with Gasteiger partial charge in [0.2, 0.25) is 0 Å². The third kappa shape index (κ3) is 3.71. The number of ether oxygens (including phenoxy) is 1. The Morgan fingerprint density at radius 3 is 2.50 bits per heavy atom. The number of hydrogen-bond donors (Lipinski definition) is 1. The summed E-state index contributed by atoms with van der Waals surface area (Å²) in [6, 6.07) is 14.1. The summed E-state index contributed by atoms with van der Waals surface area (Å²) >= 11 is 0. The SMILES string of the molecule is CCN(CC)C[C@H](O)COc1cccc2ccccc12. The van der Waals surface area contributed by atoms with Gasteiger partial charge in [-0.2, -0.15) is 0 Å². The van der Waals surface area contributed by atoms with Crippen molar-refractivity contribution < 1.29 is 9.84 Å². The van der Waals surface area contributed by atoms with Gasteiger partial charge >= 0.3 is 0 Å². The zero-order valence-corrected chi connectivity index (χ0v) is 12.2. The zero-order valence-electron chi connectivity index (χ0n) is 12.2. The Bertz CT molecular complexity index is 532. The average Bonchev–Trinajstić information content (AvgIpc) is 2.50. The normalized spacial score (nSPS) is 12.8. The van der Waals surface area contributed by atoms with Crippen LogP contribution in [0.2, 0.25) is 0 Å². The fourth-order valence-corrected chi connectivity index (χ4v) is 2.34. The lowest BCUT2D eigenvalue weighted by Gasteiger charge is -2.22. The lowest BCUT2D eigenvalue weighted by molar-refractivity contribution is 0.0722. The van der Waals surface area contributed by atoms with Crippen LogP contribution in [-0.2, 0) is 0 Å². The number of aliphatic hydroxyl groups is 1. The summed E-state index contributed by atoms with van der Waals surface area (Å²) in [5, 5.41) is 12.3. The molecule has 0 aliphatic carbocycles. The topological polar surface area (TPSA) is 32.7 Å². The van der Waals surface area contributed by atoms with Crippen LogP contribution in [-0.4, -0.2) is 42.4 Å². The van der Waals surface area contributed by atoms with Gasteiger partial charge < -0.3 is 14.7 Å². The molecule has 108 valence electrons. The fraction of sp³-hybridized carbons (Fsp3) is 0.412. The molecule has 0 saturated carbocycles. The molecule has 0 fully saturated rings. The summed E-state index contributed by atoms with van der Waals surface area (Å²) in [5.74, 6) is 0.835. The van der Waals surface area contributed by atoms with Gasteiger partial charge in [-0.25, -0.2) is 0 Å². The van der Waals surface area contributed by atoms with Crippen LogP contribution in [0, 0.1) is 0 Å². The Morgan fingerprint density at radius 1 is 1.05 bits per heavy atom. The van der Waals surface area contributed by atoms with E-state index >= 15 is 0 Å². The maximum atomic E-state index is 10.0. The van der Waals surface area contributed by atoms with Gasteiger partial charge in [-0.15, -0.1) is 0 Å². The molecule has 0 radical (unpaired) electrons. The van der Waals surface area contributed by atoms with E-state index in [1.54, 1.807) is 0 Å². The number of likely N-dealkylation sites (N-methyl/N-ethyl adjacent to an activating group) is 1. The number of fused-ring (bicyclic) bond motifs is 1. The summed E-state index contributed by atoms with van der Waals surface area (Å²) in [6.45, 7) is 7.06. The van der Waals surface area contributed by atoms with Crippen LogP contribution in [0.1, 0.15) is 13.8 Å². The van der Waals surface area contributed by atoms with Gasteiger partial charge in [0.15, 0.2) is 0 Å². The van der Waals surface area contributed by atoms with Crippen LogP contribution in [0.4, 0.5) is 0 Å². The smallest absolute Gasteiger partial charge is 0.127 e. The molecule has 2 rings (SSSR count). The van der Waals surface area contributed by atoms with Gasteiger partial charge in [-0.05, 0) is 24.5 Å². The molecule has 0 saturated heterocycles. The number of aliphatic hydroxyl groups excluding tert-OH is 1. The first-order valence-corrected chi connectivity index (χ1v) is 7.25. The highest BCUT2D eigenvalue weighted by atomic mass is 16.5. The first kappa shape index (κ1) is 14.8. The van der Waals surface area contributed by atoms with Gasteiger partial charge in [0, 0.05) is 11.9 Å². The maximum absolute atomic E-state index is 10.0. The van der Waals surface area contributed by atoms with Crippen LogP contribution < -0.4 is 4.74 Å². The maximum Gasteiger partial charge on any atom is 0.127 e. The van der Waals surface area contributed by atoms with E-state index in [-0.39, 0.29) is 0 Å². The van der Waals surface area contributed by atoms with Crippen molar-refractivity contribution in [2.45, 2.75) is 20.0 Å². The summed E-state index contributed by atoms with van der Waals surface area (Å²) < 4.78 is 5.79. The van der Waals surface area contributed by atoms with E-state index in [1.165, 1.54) is 0 Å². The van der Waals surface area contributed by atoms with Gasteiger partial charge in [0.25, 0.3) is 0 Å². The monoisotopic (exact) mass is 273 g/mol. The zero-order chi connectivity index (χ0) is 14.4. The minimum absolute atomic E-state index is 0.324. The Balaban J connectivity index is 1.99. The first-order valence-electron chi connectivity index (χ1n) is 7.25. The number of benzene rings is 2. The quantitative estimate of drug-likeness (QED) is 0.842. The molecule has 0 aliphatic rings. The molecule has 1 N–H and O–H groups in total. The number of rotatable bonds is 7. The molecular weight excluding hydrogens is 250 g/mol. The predicted molar refractivity (Wildman–Crippen MR) is 83.2 cm³/mol. The third-order valence-corrected chi connectivity index (χ3v) is 3.54. The predicted octanol–water partition coefficient (Wildman–Crippen LogP) is 2.92. The average molecular weight is 273 g/mol. The van der Waals surface area contributed by atoms with Crippen LogP contribution in [0.25, 0.3) is 10.8 Å².